The Hall–Kier alpha value is -2.76. The molecule has 0 heterocycles. The summed E-state index contributed by atoms with van der Waals surface area (Å²) in [5.74, 6) is -2.59. The van der Waals surface area contributed by atoms with Crippen molar-refractivity contribution in [2.24, 2.45) is 0 Å². The summed E-state index contributed by atoms with van der Waals surface area (Å²) < 4.78 is 26.2. The van der Waals surface area contributed by atoms with E-state index in [1.165, 1.54) is 0 Å². The predicted molar refractivity (Wildman–Crippen MR) is 86.3 cm³/mol. The number of amides is 2. The number of halogens is 2. The number of rotatable bonds is 6. The highest BCUT2D eigenvalue weighted by atomic mass is 19.1. The second kappa shape index (κ2) is 8.19. The molecule has 0 bridgehead atoms. The number of hydrogen-bond acceptors (Lipinski definition) is 2. The van der Waals surface area contributed by atoms with Gasteiger partial charge in [-0.15, -0.1) is 0 Å². The Kier molecular flexibility index (Phi) is 6.01. The highest BCUT2D eigenvalue weighted by Crippen LogP contribution is 2.09. The number of carbonyl (C=O) groups is 2. The summed E-state index contributed by atoms with van der Waals surface area (Å²) in [6.07, 6.45) is 0.0699. The molecule has 2 amide bonds. The minimum Gasteiger partial charge on any atom is -0.352 e. The molecule has 2 aromatic rings. The molecule has 0 atom stereocenters. The molecule has 24 heavy (non-hydrogen) atoms. The molecule has 0 aromatic heterocycles. The van der Waals surface area contributed by atoms with Crippen molar-refractivity contribution in [2.75, 3.05) is 6.54 Å². The van der Waals surface area contributed by atoms with Gasteiger partial charge in [0.2, 0.25) is 5.91 Å². The van der Waals surface area contributed by atoms with Crippen molar-refractivity contribution in [1.29, 1.82) is 0 Å². The summed E-state index contributed by atoms with van der Waals surface area (Å²) in [4.78, 5) is 23.5. The van der Waals surface area contributed by atoms with Crippen LogP contribution in [0.3, 0.4) is 0 Å². The summed E-state index contributed by atoms with van der Waals surface area (Å²) in [6.45, 7) is 2.45. The molecule has 2 rings (SSSR count). The Morgan fingerprint density at radius 1 is 1.00 bits per heavy atom. The van der Waals surface area contributed by atoms with Gasteiger partial charge < -0.3 is 10.6 Å². The van der Waals surface area contributed by atoms with Gasteiger partial charge in [-0.05, 0) is 24.6 Å². The van der Waals surface area contributed by atoms with Gasteiger partial charge in [-0.3, -0.25) is 9.59 Å². The van der Waals surface area contributed by atoms with Crippen molar-refractivity contribution in [1.82, 2.24) is 10.6 Å². The van der Waals surface area contributed by atoms with Crippen LogP contribution in [0.4, 0.5) is 8.78 Å². The molecule has 0 fully saturated rings. The summed E-state index contributed by atoms with van der Waals surface area (Å²) in [6, 6.07) is 10.5. The van der Waals surface area contributed by atoms with E-state index in [1.54, 1.807) is 0 Å². The number of benzene rings is 2. The average Bonchev–Trinajstić information content (AvgIpc) is 2.54. The molecule has 0 unspecified atom stereocenters. The fourth-order valence-electron chi connectivity index (χ4n) is 2.05. The van der Waals surface area contributed by atoms with Crippen LogP contribution in [0.15, 0.2) is 42.5 Å². The van der Waals surface area contributed by atoms with Gasteiger partial charge in [-0.25, -0.2) is 8.78 Å². The van der Waals surface area contributed by atoms with Crippen LogP contribution in [0.2, 0.25) is 0 Å². The molecule has 6 heteroatoms. The van der Waals surface area contributed by atoms with E-state index in [0.29, 0.717) is 12.6 Å². The lowest BCUT2D eigenvalue weighted by molar-refractivity contribution is -0.121. The van der Waals surface area contributed by atoms with Gasteiger partial charge in [0, 0.05) is 25.6 Å². The largest absolute Gasteiger partial charge is 0.352 e. The lowest BCUT2D eigenvalue weighted by Gasteiger charge is -2.08. The summed E-state index contributed by atoms with van der Waals surface area (Å²) in [5, 5.41) is 5.17. The molecule has 0 saturated carbocycles. The second-order valence-corrected chi connectivity index (χ2v) is 5.39. The number of carbonyl (C=O) groups excluding carboxylic acids is 2. The summed E-state index contributed by atoms with van der Waals surface area (Å²) in [7, 11) is 0. The lowest BCUT2D eigenvalue weighted by Crippen LogP contribution is -2.31. The van der Waals surface area contributed by atoms with E-state index >= 15 is 0 Å². The van der Waals surface area contributed by atoms with Gasteiger partial charge in [-0.1, -0.05) is 29.8 Å². The molecule has 126 valence electrons. The van der Waals surface area contributed by atoms with E-state index in [2.05, 4.69) is 10.6 Å². The first kappa shape index (κ1) is 17.6. The van der Waals surface area contributed by atoms with Gasteiger partial charge >= 0.3 is 0 Å². The summed E-state index contributed by atoms with van der Waals surface area (Å²) >= 11 is 0. The number of hydrogen-bond donors (Lipinski definition) is 2. The molecule has 0 saturated heterocycles. The van der Waals surface area contributed by atoms with Gasteiger partial charge in [0.25, 0.3) is 5.91 Å². The van der Waals surface area contributed by atoms with Crippen LogP contribution in [0, 0.1) is 18.6 Å². The third kappa shape index (κ3) is 5.15. The maximum atomic E-state index is 13.4. The zero-order chi connectivity index (χ0) is 17.5. The Bertz CT molecular complexity index is 730. The van der Waals surface area contributed by atoms with Crippen LogP contribution in [0.1, 0.15) is 27.9 Å². The first-order valence-electron chi connectivity index (χ1n) is 7.51. The maximum absolute atomic E-state index is 13.4. The topological polar surface area (TPSA) is 58.2 Å². The average molecular weight is 332 g/mol. The minimum absolute atomic E-state index is 0.0649. The molecule has 2 aromatic carbocycles. The van der Waals surface area contributed by atoms with Gasteiger partial charge in [-0.2, -0.15) is 0 Å². The Balaban J connectivity index is 1.74. The zero-order valence-electron chi connectivity index (χ0n) is 13.2. The van der Waals surface area contributed by atoms with E-state index in [0.717, 1.165) is 23.3 Å². The van der Waals surface area contributed by atoms with Crippen LogP contribution >= 0.6 is 0 Å². The Morgan fingerprint density at radius 2 is 1.71 bits per heavy atom. The van der Waals surface area contributed by atoms with E-state index in [9.17, 15) is 18.4 Å². The van der Waals surface area contributed by atoms with Crippen LogP contribution in [0.25, 0.3) is 0 Å². The smallest absolute Gasteiger partial charge is 0.254 e. The van der Waals surface area contributed by atoms with Crippen molar-refractivity contribution >= 4 is 11.8 Å². The fourth-order valence-corrected chi connectivity index (χ4v) is 2.05. The van der Waals surface area contributed by atoms with Gasteiger partial charge in [0.1, 0.15) is 11.6 Å². The molecule has 2 N–H and O–H groups in total. The van der Waals surface area contributed by atoms with Gasteiger partial charge in [0.05, 0.1) is 5.56 Å². The third-order valence-corrected chi connectivity index (χ3v) is 3.42. The quantitative estimate of drug-likeness (QED) is 0.854. The first-order valence-corrected chi connectivity index (χ1v) is 7.51. The van der Waals surface area contributed by atoms with Gasteiger partial charge in [0.15, 0.2) is 0 Å². The van der Waals surface area contributed by atoms with Crippen molar-refractivity contribution < 1.29 is 18.4 Å². The molecule has 0 spiro atoms. The molecular weight excluding hydrogens is 314 g/mol. The second-order valence-electron chi connectivity index (χ2n) is 5.39. The van der Waals surface area contributed by atoms with Crippen molar-refractivity contribution in [3.8, 4) is 0 Å². The van der Waals surface area contributed by atoms with E-state index in [-0.39, 0.29) is 24.4 Å². The lowest BCUT2D eigenvalue weighted by atomic mass is 10.1. The Morgan fingerprint density at radius 3 is 2.38 bits per heavy atom. The van der Waals surface area contributed by atoms with Crippen LogP contribution in [0.5, 0.6) is 0 Å². The van der Waals surface area contributed by atoms with Crippen LogP contribution in [-0.2, 0) is 11.3 Å². The van der Waals surface area contributed by atoms with Crippen LogP contribution in [-0.4, -0.2) is 18.4 Å². The highest BCUT2D eigenvalue weighted by Gasteiger charge is 2.12. The van der Waals surface area contributed by atoms with Crippen LogP contribution < -0.4 is 10.6 Å². The number of nitrogens with one attached hydrogen (secondary N) is 2. The molecule has 0 aliphatic heterocycles. The fraction of sp³-hybridized carbons (Fsp3) is 0.222. The standard InChI is InChI=1S/C18H18F2N2O2/c1-12-2-4-13(5-3-12)11-22-17(23)8-9-21-18(24)15-7-6-14(19)10-16(15)20/h2-7,10H,8-9,11H2,1H3,(H,21,24)(H,22,23). The monoisotopic (exact) mass is 332 g/mol. The van der Waals surface area contributed by atoms with Crippen molar-refractivity contribution in [3.63, 3.8) is 0 Å². The predicted octanol–water partition coefficient (Wildman–Crippen LogP) is 2.71. The maximum Gasteiger partial charge on any atom is 0.254 e. The number of aryl methyl sites for hydroxylation is 1. The van der Waals surface area contributed by atoms with E-state index < -0.39 is 17.5 Å². The van der Waals surface area contributed by atoms with Crippen molar-refractivity contribution in [2.45, 2.75) is 19.9 Å². The molecule has 0 aliphatic carbocycles. The Labute approximate surface area is 138 Å². The minimum atomic E-state index is -0.934. The highest BCUT2D eigenvalue weighted by molar-refractivity contribution is 5.94. The van der Waals surface area contributed by atoms with E-state index in [1.807, 2.05) is 31.2 Å². The third-order valence-electron chi connectivity index (χ3n) is 3.42. The zero-order valence-corrected chi connectivity index (χ0v) is 13.2. The molecular formula is C18H18F2N2O2. The van der Waals surface area contributed by atoms with E-state index in [4.69, 9.17) is 0 Å². The molecule has 0 radical (unpaired) electrons. The molecule has 0 aliphatic rings. The SMILES string of the molecule is Cc1ccc(CNC(=O)CCNC(=O)c2ccc(F)cc2F)cc1. The summed E-state index contributed by atoms with van der Waals surface area (Å²) in [5.41, 5.74) is 1.86. The normalized spacial score (nSPS) is 10.3. The first-order chi connectivity index (χ1) is 11.5. The molecule has 4 nitrogen and oxygen atoms in total. The van der Waals surface area contributed by atoms with Crippen molar-refractivity contribution in [3.05, 3.63) is 70.8 Å².